The Bertz CT molecular complexity index is 478. The molecule has 0 radical (unpaired) electrons. The first-order chi connectivity index (χ1) is 10.3. The molecule has 0 N–H and O–H groups in total. The van der Waals surface area contributed by atoms with Crippen LogP contribution in [0.4, 0.5) is 0 Å². The molecule has 0 saturated carbocycles. The van der Waals surface area contributed by atoms with Gasteiger partial charge in [0.2, 0.25) is 0 Å². The molecule has 2 nitrogen and oxygen atoms in total. The van der Waals surface area contributed by atoms with Gasteiger partial charge in [0.15, 0.2) is 0 Å². The van der Waals surface area contributed by atoms with Crippen molar-refractivity contribution in [3.8, 4) is 0 Å². The number of benzene rings is 1. The topological polar surface area (TPSA) is 6.48 Å². The van der Waals surface area contributed by atoms with Crippen LogP contribution in [0.1, 0.15) is 24.8 Å². The maximum atomic E-state index is 3.66. The number of rotatable bonds is 4. The van der Waals surface area contributed by atoms with E-state index in [1.54, 1.807) is 0 Å². The van der Waals surface area contributed by atoms with E-state index in [0.29, 0.717) is 0 Å². The van der Waals surface area contributed by atoms with Gasteiger partial charge in [-0.1, -0.05) is 46.3 Å². The normalized spacial score (nSPS) is 24.3. The van der Waals surface area contributed by atoms with Crippen molar-refractivity contribution >= 4 is 15.9 Å². The third-order valence-electron chi connectivity index (χ3n) is 4.71. The predicted molar refractivity (Wildman–Crippen MR) is 92.3 cm³/mol. The zero-order valence-electron chi connectivity index (χ0n) is 12.7. The number of nitrogens with zero attached hydrogens (tertiary/aromatic N) is 2. The molecule has 0 unspecified atom stereocenters. The second kappa shape index (κ2) is 7.57. The highest BCUT2D eigenvalue weighted by Gasteiger charge is 2.20. The van der Waals surface area contributed by atoms with Crippen molar-refractivity contribution in [1.29, 1.82) is 0 Å². The molecule has 21 heavy (non-hydrogen) atoms. The molecule has 3 rings (SSSR count). The van der Waals surface area contributed by atoms with Crippen molar-refractivity contribution in [1.82, 2.24) is 9.80 Å². The maximum Gasteiger partial charge on any atom is 0.0246 e. The minimum Gasteiger partial charge on any atom is -0.301 e. The van der Waals surface area contributed by atoms with Gasteiger partial charge in [0, 0.05) is 43.7 Å². The molecule has 3 heteroatoms. The van der Waals surface area contributed by atoms with Gasteiger partial charge in [-0.2, -0.15) is 0 Å². The molecule has 1 fully saturated rings. The Hall–Kier alpha value is -0.640. The standard InChI is InChI=1S/C18H25BrN2/c19-18-9-5-4-8-17(18)15-21-12-10-20(11-13-21)14-16-6-2-1-3-7-16/h1-2,4-5,8-9,16H,3,6-7,10-15H2/t16-/m0/s1. The van der Waals surface area contributed by atoms with Gasteiger partial charge in [0.05, 0.1) is 0 Å². The summed E-state index contributed by atoms with van der Waals surface area (Å²) in [5, 5.41) is 0. The summed E-state index contributed by atoms with van der Waals surface area (Å²) in [7, 11) is 0. The van der Waals surface area contributed by atoms with Crippen LogP contribution in [0.15, 0.2) is 40.9 Å². The fourth-order valence-electron chi connectivity index (χ4n) is 3.38. The summed E-state index contributed by atoms with van der Waals surface area (Å²) in [4.78, 5) is 5.25. The quantitative estimate of drug-likeness (QED) is 0.760. The summed E-state index contributed by atoms with van der Waals surface area (Å²) in [6.07, 6.45) is 8.67. The highest BCUT2D eigenvalue weighted by Crippen LogP contribution is 2.21. The minimum absolute atomic E-state index is 0.893. The van der Waals surface area contributed by atoms with Gasteiger partial charge in [-0.15, -0.1) is 0 Å². The Kier molecular flexibility index (Phi) is 5.50. The first-order valence-corrected chi connectivity index (χ1v) is 8.93. The number of hydrogen-bond acceptors (Lipinski definition) is 2. The summed E-state index contributed by atoms with van der Waals surface area (Å²) in [6.45, 7) is 7.22. The summed E-state index contributed by atoms with van der Waals surface area (Å²) in [5.74, 6) is 0.893. The molecule has 1 aromatic rings. The lowest BCUT2D eigenvalue weighted by atomic mass is 9.94. The van der Waals surface area contributed by atoms with E-state index in [0.717, 1.165) is 12.5 Å². The summed E-state index contributed by atoms with van der Waals surface area (Å²) < 4.78 is 1.24. The molecule has 2 aliphatic rings. The van der Waals surface area contributed by atoms with Gasteiger partial charge in [-0.3, -0.25) is 4.90 Å². The van der Waals surface area contributed by atoms with Crippen LogP contribution in [0.5, 0.6) is 0 Å². The molecular weight excluding hydrogens is 324 g/mol. The van der Waals surface area contributed by atoms with Gasteiger partial charge in [0.25, 0.3) is 0 Å². The van der Waals surface area contributed by atoms with E-state index >= 15 is 0 Å². The van der Waals surface area contributed by atoms with E-state index in [1.165, 1.54) is 62.0 Å². The number of allylic oxidation sites excluding steroid dienone is 2. The van der Waals surface area contributed by atoms with Crippen molar-refractivity contribution in [2.24, 2.45) is 5.92 Å². The van der Waals surface area contributed by atoms with Crippen LogP contribution in [0.2, 0.25) is 0 Å². The lowest BCUT2D eigenvalue weighted by molar-refractivity contribution is 0.111. The van der Waals surface area contributed by atoms with Gasteiger partial charge in [-0.25, -0.2) is 0 Å². The monoisotopic (exact) mass is 348 g/mol. The third-order valence-corrected chi connectivity index (χ3v) is 5.48. The van der Waals surface area contributed by atoms with Gasteiger partial charge in [-0.05, 0) is 36.8 Å². The highest BCUT2D eigenvalue weighted by atomic mass is 79.9. The Morgan fingerprint density at radius 1 is 1.00 bits per heavy atom. The van der Waals surface area contributed by atoms with Crippen LogP contribution in [0, 0.1) is 5.92 Å². The minimum atomic E-state index is 0.893. The Morgan fingerprint density at radius 3 is 2.48 bits per heavy atom. The van der Waals surface area contributed by atoms with Crippen LogP contribution in [0.25, 0.3) is 0 Å². The van der Waals surface area contributed by atoms with Crippen LogP contribution >= 0.6 is 15.9 Å². The van der Waals surface area contributed by atoms with E-state index in [-0.39, 0.29) is 0 Å². The van der Waals surface area contributed by atoms with Crippen molar-refractivity contribution < 1.29 is 0 Å². The molecule has 114 valence electrons. The van der Waals surface area contributed by atoms with Crippen LogP contribution in [0.3, 0.4) is 0 Å². The molecule has 1 saturated heterocycles. The molecule has 1 aromatic carbocycles. The Morgan fingerprint density at radius 2 is 1.76 bits per heavy atom. The SMILES string of the molecule is Brc1ccccc1CN1CCN(C[C@H]2CC=CCC2)CC1. The molecule has 0 bridgehead atoms. The fraction of sp³-hybridized carbons (Fsp3) is 0.556. The van der Waals surface area contributed by atoms with Crippen LogP contribution in [-0.4, -0.2) is 42.5 Å². The Labute approximate surface area is 136 Å². The predicted octanol–water partition coefficient (Wildman–Crippen LogP) is 3.92. The molecule has 0 aromatic heterocycles. The van der Waals surface area contributed by atoms with Crippen LogP contribution < -0.4 is 0 Å². The number of piperazine rings is 1. The fourth-order valence-corrected chi connectivity index (χ4v) is 3.79. The maximum absolute atomic E-state index is 3.66. The molecule has 0 spiro atoms. The molecule has 1 atom stereocenters. The molecule has 0 amide bonds. The van der Waals surface area contributed by atoms with Crippen molar-refractivity contribution in [2.45, 2.75) is 25.8 Å². The third kappa shape index (κ3) is 4.41. The molecule has 1 aliphatic carbocycles. The summed E-state index contributed by atoms with van der Waals surface area (Å²) in [5.41, 5.74) is 1.41. The second-order valence-corrected chi connectivity index (χ2v) is 7.17. The van der Waals surface area contributed by atoms with E-state index in [9.17, 15) is 0 Å². The van der Waals surface area contributed by atoms with Gasteiger partial charge < -0.3 is 4.90 Å². The molecular formula is C18H25BrN2. The smallest absolute Gasteiger partial charge is 0.0246 e. The highest BCUT2D eigenvalue weighted by molar-refractivity contribution is 9.10. The summed E-state index contributed by atoms with van der Waals surface area (Å²) >= 11 is 3.66. The lowest BCUT2D eigenvalue weighted by Gasteiger charge is -2.36. The van der Waals surface area contributed by atoms with E-state index in [2.05, 4.69) is 62.1 Å². The zero-order valence-corrected chi connectivity index (χ0v) is 14.3. The zero-order chi connectivity index (χ0) is 14.5. The lowest BCUT2D eigenvalue weighted by Crippen LogP contribution is -2.47. The largest absolute Gasteiger partial charge is 0.301 e. The van der Waals surface area contributed by atoms with E-state index in [4.69, 9.17) is 0 Å². The first kappa shape index (κ1) is 15.3. The molecule has 1 aliphatic heterocycles. The van der Waals surface area contributed by atoms with Crippen molar-refractivity contribution in [2.75, 3.05) is 32.7 Å². The van der Waals surface area contributed by atoms with E-state index < -0.39 is 0 Å². The van der Waals surface area contributed by atoms with Crippen molar-refractivity contribution in [3.63, 3.8) is 0 Å². The van der Waals surface area contributed by atoms with Crippen molar-refractivity contribution in [3.05, 3.63) is 46.5 Å². The number of hydrogen-bond donors (Lipinski definition) is 0. The van der Waals surface area contributed by atoms with Gasteiger partial charge >= 0.3 is 0 Å². The average molecular weight is 349 g/mol. The average Bonchev–Trinajstić information content (AvgIpc) is 2.52. The second-order valence-electron chi connectivity index (χ2n) is 6.32. The van der Waals surface area contributed by atoms with Crippen LogP contribution in [-0.2, 0) is 6.54 Å². The molecule has 1 heterocycles. The van der Waals surface area contributed by atoms with E-state index in [1.807, 2.05) is 0 Å². The Balaban J connectivity index is 1.44. The summed E-state index contributed by atoms with van der Waals surface area (Å²) in [6, 6.07) is 8.59. The number of halogens is 1. The first-order valence-electron chi connectivity index (χ1n) is 8.14. The van der Waals surface area contributed by atoms with Gasteiger partial charge in [0.1, 0.15) is 0 Å².